The summed E-state index contributed by atoms with van der Waals surface area (Å²) in [5, 5.41) is 6.66. The molecule has 220 valence electrons. The molecule has 42 heavy (non-hydrogen) atoms. The zero-order valence-corrected chi connectivity index (χ0v) is 23.6. The van der Waals surface area contributed by atoms with Gasteiger partial charge in [-0.2, -0.15) is 9.97 Å². The first-order valence-corrected chi connectivity index (χ1v) is 13.0. The summed E-state index contributed by atoms with van der Waals surface area (Å²) in [6, 6.07) is 5.47. The number of imidazole rings is 1. The van der Waals surface area contributed by atoms with E-state index in [-0.39, 0.29) is 51.0 Å². The highest BCUT2D eigenvalue weighted by Crippen LogP contribution is 2.44. The van der Waals surface area contributed by atoms with Crippen LogP contribution in [0.25, 0.3) is 11.2 Å². The van der Waals surface area contributed by atoms with Crippen molar-refractivity contribution in [3.8, 4) is 0 Å². The lowest BCUT2D eigenvalue weighted by molar-refractivity contribution is -0.165. The fourth-order valence-corrected chi connectivity index (χ4v) is 4.64. The van der Waals surface area contributed by atoms with E-state index in [0.29, 0.717) is 0 Å². The van der Waals surface area contributed by atoms with Crippen LogP contribution in [0.2, 0.25) is 10.3 Å². The monoisotopic (exact) mass is 622 g/mol. The third kappa shape index (κ3) is 6.12. The molecule has 17 heteroatoms. The van der Waals surface area contributed by atoms with E-state index in [1.807, 2.05) is 0 Å². The van der Waals surface area contributed by atoms with Gasteiger partial charge in [-0.25, -0.2) is 9.37 Å². The topological polar surface area (TPSA) is 170 Å². The Bertz CT molecular complexity index is 1680. The number of fused-ring (bicyclic) bond motifs is 1. The van der Waals surface area contributed by atoms with Crippen LogP contribution in [0.1, 0.15) is 44.6 Å². The van der Waals surface area contributed by atoms with Gasteiger partial charge in [-0.15, -0.1) is 0 Å². The van der Waals surface area contributed by atoms with Gasteiger partial charge in [0.1, 0.15) is 18.1 Å². The van der Waals surface area contributed by atoms with Gasteiger partial charge < -0.3 is 28.8 Å². The van der Waals surface area contributed by atoms with Gasteiger partial charge in [0, 0.05) is 31.9 Å². The van der Waals surface area contributed by atoms with Gasteiger partial charge in [0.25, 0.3) is 0 Å². The van der Waals surface area contributed by atoms with Crippen molar-refractivity contribution in [1.29, 1.82) is 0 Å². The van der Waals surface area contributed by atoms with Crippen LogP contribution in [0.3, 0.4) is 0 Å². The van der Waals surface area contributed by atoms with E-state index in [4.69, 9.17) is 46.7 Å². The maximum absolute atomic E-state index is 14.5. The minimum Gasteiger partial charge on any atom is -0.459 e. The lowest BCUT2D eigenvalue weighted by atomic mass is 10.1. The molecular formula is C25H21Cl2FN6O8. The molecule has 4 aromatic rings. The minimum absolute atomic E-state index is 0.0461. The highest BCUT2D eigenvalue weighted by Gasteiger charge is 2.52. The fourth-order valence-electron chi connectivity index (χ4n) is 4.32. The number of hydrogen-bond donors (Lipinski definition) is 1. The highest BCUT2D eigenvalue weighted by molar-refractivity contribution is 6.30. The summed E-state index contributed by atoms with van der Waals surface area (Å²) in [4.78, 5) is 48.1. The van der Waals surface area contributed by atoms with Crippen LogP contribution >= 0.6 is 23.2 Å². The first-order valence-electron chi connectivity index (χ1n) is 12.2. The van der Waals surface area contributed by atoms with E-state index in [0.717, 1.165) is 6.07 Å². The number of rotatable bonds is 8. The van der Waals surface area contributed by atoms with Crippen molar-refractivity contribution < 1.29 is 42.2 Å². The molecule has 0 bridgehead atoms. The summed E-state index contributed by atoms with van der Waals surface area (Å²) >= 11 is 12.1. The molecule has 1 aliphatic rings. The second kappa shape index (κ2) is 11.9. The number of ether oxygens (including phenoxy) is 4. The Kier molecular flexibility index (Phi) is 8.24. The Balaban J connectivity index is 1.55. The largest absolute Gasteiger partial charge is 0.459 e. The van der Waals surface area contributed by atoms with Gasteiger partial charge in [0.15, 0.2) is 47.3 Å². The Hall–Kier alpha value is -4.34. The molecular weight excluding hydrogens is 602 g/mol. The lowest BCUT2D eigenvalue weighted by Crippen LogP contribution is -2.36. The molecule has 14 nitrogen and oxygen atoms in total. The van der Waals surface area contributed by atoms with Crippen LogP contribution < -0.4 is 5.32 Å². The van der Waals surface area contributed by atoms with Crippen LogP contribution in [0.5, 0.6) is 0 Å². The number of anilines is 2. The van der Waals surface area contributed by atoms with Gasteiger partial charge in [-0.1, -0.05) is 16.8 Å². The lowest BCUT2D eigenvalue weighted by Gasteiger charge is -2.23. The van der Waals surface area contributed by atoms with E-state index >= 15 is 0 Å². The summed E-state index contributed by atoms with van der Waals surface area (Å²) in [5.41, 5.74) is 0.583. The predicted octanol–water partition coefficient (Wildman–Crippen LogP) is 4.20. The van der Waals surface area contributed by atoms with Crippen molar-refractivity contribution in [3.63, 3.8) is 0 Å². The van der Waals surface area contributed by atoms with E-state index in [2.05, 4.69) is 25.4 Å². The van der Waals surface area contributed by atoms with Crippen molar-refractivity contribution in [3.05, 3.63) is 58.2 Å². The number of nitrogens with zero attached hydrogens (tertiary/aromatic N) is 5. The van der Waals surface area contributed by atoms with Gasteiger partial charge in [0.05, 0.1) is 12.0 Å². The van der Waals surface area contributed by atoms with Crippen molar-refractivity contribution >= 4 is 63.8 Å². The van der Waals surface area contributed by atoms with Gasteiger partial charge >= 0.3 is 17.9 Å². The number of aromatic nitrogens is 5. The van der Waals surface area contributed by atoms with E-state index in [9.17, 15) is 18.8 Å². The van der Waals surface area contributed by atoms with Crippen molar-refractivity contribution in [2.45, 2.75) is 51.9 Å². The van der Waals surface area contributed by atoms with Crippen LogP contribution in [-0.2, 0) is 39.9 Å². The molecule has 4 heterocycles. The SMILES string of the molecule is CC(=O)OCc1cc([C@H]2O[C@@H](n3cnc4c(Nc5ccc(Cl)cc5F)nc(Cl)nc43)[C@H](OC(C)=O)[C@H]2OC(C)=O)on1. The van der Waals surface area contributed by atoms with E-state index < -0.39 is 48.3 Å². The number of hydrogen-bond acceptors (Lipinski definition) is 13. The molecule has 5 rings (SSSR count). The molecule has 1 saturated heterocycles. The van der Waals surface area contributed by atoms with Crippen LogP contribution in [-0.4, -0.2) is 54.8 Å². The standard InChI is InChI=1S/C25H21Cl2FN6O8/c1-10(35)38-8-14-7-17(42-33-14)19-20(39-11(2)36)21(40-12(3)37)24(41-19)34-9-29-18-22(31-25(27)32-23(18)34)30-16-5-4-13(26)6-15(16)28/h4-7,9,19-21,24H,8H2,1-3H3,(H,30,31,32)/t19-,20+,21-,24-/m1/s1. The number of esters is 3. The Morgan fingerprint density at radius 2 is 1.79 bits per heavy atom. The van der Waals surface area contributed by atoms with Crippen LogP contribution in [0, 0.1) is 5.82 Å². The first kappa shape index (κ1) is 29.2. The summed E-state index contributed by atoms with van der Waals surface area (Å²) in [6.45, 7) is 3.42. The number of benzene rings is 1. The zero-order valence-electron chi connectivity index (χ0n) is 22.0. The average Bonchev–Trinajstić information content (AvgIpc) is 3.62. The Morgan fingerprint density at radius 3 is 2.48 bits per heavy atom. The molecule has 3 aromatic heterocycles. The smallest absolute Gasteiger partial charge is 0.303 e. The van der Waals surface area contributed by atoms with Gasteiger partial charge in [0.2, 0.25) is 5.28 Å². The summed E-state index contributed by atoms with van der Waals surface area (Å²) in [6.07, 6.45) is -3.42. The molecule has 1 N–H and O–H groups in total. The molecule has 4 atom stereocenters. The predicted molar refractivity (Wildman–Crippen MR) is 141 cm³/mol. The van der Waals surface area contributed by atoms with Crippen molar-refractivity contribution in [2.75, 3.05) is 5.32 Å². The third-order valence-electron chi connectivity index (χ3n) is 5.93. The molecule has 0 aliphatic carbocycles. The van der Waals surface area contributed by atoms with Crippen LogP contribution in [0.4, 0.5) is 15.9 Å². The molecule has 0 unspecified atom stereocenters. The molecule has 0 amide bonds. The molecule has 1 aromatic carbocycles. The quantitative estimate of drug-likeness (QED) is 0.168. The maximum atomic E-state index is 14.5. The zero-order chi connectivity index (χ0) is 30.1. The van der Waals surface area contributed by atoms with Crippen molar-refractivity contribution in [1.82, 2.24) is 24.7 Å². The summed E-state index contributed by atoms with van der Waals surface area (Å²) in [5.74, 6) is -2.40. The normalized spacial score (nSPS) is 20.0. The minimum atomic E-state index is -1.23. The average molecular weight is 623 g/mol. The molecule has 0 spiro atoms. The molecule has 0 saturated carbocycles. The molecule has 0 radical (unpaired) electrons. The highest BCUT2D eigenvalue weighted by atomic mass is 35.5. The summed E-state index contributed by atoms with van der Waals surface area (Å²) < 4.78 is 43.5. The third-order valence-corrected chi connectivity index (χ3v) is 6.33. The number of carbonyl (C=O) groups is 3. The Morgan fingerprint density at radius 1 is 1.05 bits per heavy atom. The molecule has 1 fully saturated rings. The van der Waals surface area contributed by atoms with Crippen molar-refractivity contribution in [2.24, 2.45) is 0 Å². The van der Waals surface area contributed by atoms with E-state index in [1.54, 1.807) is 0 Å². The fraction of sp³-hybridized carbons (Fsp3) is 0.320. The van der Waals surface area contributed by atoms with Gasteiger partial charge in [-0.05, 0) is 29.8 Å². The number of nitrogens with one attached hydrogen (secondary N) is 1. The maximum Gasteiger partial charge on any atom is 0.303 e. The Labute approximate surface area is 246 Å². The first-order chi connectivity index (χ1) is 20.0. The second-order valence-electron chi connectivity index (χ2n) is 9.01. The second-order valence-corrected chi connectivity index (χ2v) is 9.79. The number of carbonyl (C=O) groups excluding carboxylic acids is 3. The van der Waals surface area contributed by atoms with Crippen LogP contribution in [0.15, 0.2) is 35.1 Å². The summed E-state index contributed by atoms with van der Waals surface area (Å²) in [7, 11) is 0. The molecule has 1 aliphatic heterocycles. The number of halogens is 3. The van der Waals surface area contributed by atoms with E-state index in [1.165, 1.54) is 49.9 Å². The van der Waals surface area contributed by atoms with Gasteiger partial charge in [-0.3, -0.25) is 19.0 Å².